The molecular weight excluding hydrogens is 295 g/mol. The van der Waals surface area contributed by atoms with Gasteiger partial charge in [0.15, 0.2) is 5.82 Å². The molecule has 0 fully saturated rings. The van der Waals surface area contributed by atoms with E-state index in [-0.39, 0.29) is 0 Å². The van der Waals surface area contributed by atoms with Crippen LogP contribution in [0.25, 0.3) is 5.82 Å². The molecule has 2 heterocycles. The average molecular weight is 313 g/mol. The van der Waals surface area contributed by atoms with E-state index in [4.69, 9.17) is 23.2 Å². The monoisotopic (exact) mass is 312 g/mol. The van der Waals surface area contributed by atoms with Gasteiger partial charge in [0, 0.05) is 12.7 Å². The molecule has 0 aliphatic rings. The molecule has 0 saturated carbocycles. The zero-order valence-corrected chi connectivity index (χ0v) is 13.3. The quantitative estimate of drug-likeness (QED) is 0.916. The van der Waals surface area contributed by atoms with Gasteiger partial charge in [0.05, 0.1) is 21.9 Å². The molecule has 0 aliphatic carbocycles. The van der Waals surface area contributed by atoms with E-state index in [1.54, 1.807) is 17.1 Å². The van der Waals surface area contributed by atoms with Crippen molar-refractivity contribution in [3.8, 4) is 5.82 Å². The van der Waals surface area contributed by atoms with Crippen molar-refractivity contribution in [2.75, 3.05) is 6.54 Å². The van der Waals surface area contributed by atoms with Crippen LogP contribution in [0.4, 0.5) is 0 Å². The lowest BCUT2D eigenvalue weighted by atomic mass is 10.2. The van der Waals surface area contributed by atoms with Gasteiger partial charge in [-0.3, -0.25) is 0 Å². The minimum atomic E-state index is 0.600. The van der Waals surface area contributed by atoms with Crippen molar-refractivity contribution < 1.29 is 0 Å². The number of aryl methyl sites for hydroxylation is 1. The van der Waals surface area contributed by atoms with E-state index in [1.807, 2.05) is 13.0 Å². The third-order valence-electron chi connectivity index (χ3n) is 2.86. The molecule has 0 aromatic carbocycles. The topological polar surface area (TPSA) is 42.7 Å². The number of aromatic nitrogens is 3. The lowest BCUT2D eigenvalue weighted by Crippen LogP contribution is -2.19. The van der Waals surface area contributed by atoms with Crippen molar-refractivity contribution >= 4 is 23.2 Å². The molecule has 2 aromatic rings. The molecule has 0 atom stereocenters. The summed E-state index contributed by atoms with van der Waals surface area (Å²) >= 11 is 12.2. The molecule has 0 amide bonds. The van der Waals surface area contributed by atoms with E-state index in [1.165, 1.54) is 0 Å². The number of rotatable bonds is 5. The summed E-state index contributed by atoms with van der Waals surface area (Å²) in [5.74, 6) is 1.31. The van der Waals surface area contributed by atoms with Crippen LogP contribution in [0.5, 0.6) is 0 Å². The largest absolute Gasteiger partial charge is 0.312 e. The summed E-state index contributed by atoms with van der Waals surface area (Å²) < 4.78 is 1.67. The third kappa shape index (κ3) is 3.72. The second-order valence-corrected chi connectivity index (χ2v) is 5.98. The molecule has 108 valence electrons. The fourth-order valence-electron chi connectivity index (χ4n) is 1.78. The molecule has 0 spiro atoms. The zero-order valence-electron chi connectivity index (χ0n) is 11.8. The Bertz CT molecular complexity index is 573. The standard InChI is InChI=1S/C14H18Cl2N4/c1-9(2)5-17-6-11-4-14(18-7-12(11)15)20-8-13(16)10(3)19-20/h4,7-9,17H,5-6H2,1-3H3. The van der Waals surface area contributed by atoms with Crippen LogP contribution < -0.4 is 5.32 Å². The Morgan fingerprint density at radius 1 is 1.30 bits per heavy atom. The van der Waals surface area contributed by atoms with Crippen LogP contribution in [-0.2, 0) is 6.54 Å². The molecular formula is C14H18Cl2N4. The van der Waals surface area contributed by atoms with Crippen LogP contribution in [0.1, 0.15) is 25.1 Å². The highest BCUT2D eigenvalue weighted by Crippen LogP contribution is 2.20. The summed E-state index contributed by atoms with van der Waals surface area (Å²) in [5.41, 5.74) is 1.78. The van der Waals surface area contributed by atoms with Gasteiger partial charge < -0.3 is 5.32 Å². The molecule has 20 heavy (non-hydrogen) atoms. The smallest absolute Gasteiger partial charge is 0.153 e. The summed E-state index contributed by atoms with van der Waals surface area (Å²) in [5, 5.41) is 8.97. The van der Waals surface area contributed by atoms with Gasteiger partial charge in [-0.2, -0.15) is 5.10 Å². The van der Waals surface area contributed by atoms with E-state index >= 15 is 0 Å². The second kappa shape index (κ2) is 6.57. The first-order valence-electron chi connectivity index (χ1n) is 6.54. The Morgan fingerprint density at radius 3 is 2.65 bits per heavy atom. The first-order chi connectivity index (χ1) is 9.47. The average Bonchev–Trinajstić information content (AvgIpc) is 2.71. The Kier molecular flexibility index (Phi) is 5.02. The second-order valence-electron chi connectivity index (χ2n) is 5.17. The number of hydrogen-bond donors (Lipinski definition) is 1. The fourth-order valence-corrected chi connectivity index (χ4v) is 2.08. The number of halogens is 2. The van der Waals surface area contributed by atoms with Crippen molar-refractivity contribution in [3.05, 3.63) is 39.8 Å². The normalized spacial score (nSPS) is 11.3. The zero-order chi connectivity index (χ0) is 14.7. The molecule has 6 heteroatoms. The van der Waals surface area contributed by atoms with Crippen molar-refractivity contribution in [3.63, 3.8) is 0 Å². The number of hydrogen-bond acceptors (Lipinski definition) is 3. The van der Waals surface area contributed by atoms with Crippen molar-refractivity contribution in [1.29, 1.82) is 0 Å². The molecule has 0 unspecified atom stereocenters. The van der Waals surface area contributed by atoms with Crippen LogP contribution in [0.15, 0.2) is 18.5 Å². The van der Waals surface area contributed by atoms with E-state index in [0.29, 0.717) is 28.3 Å². The molecule has 2 rings (SSSR count). The summed E-state index contributed by atoms with van der Waals surface area (Å²) in [7, 11) is 0. The Balaban J connectivity index is 2.19. The maximum absolute atomic E-state index is 6.18. The summed E-state index contributed by atoms with van der Waals surface area (Å²) in [6.45, 7) is 7.85. The van der Waals surface area contributed by atoms with E-state index < -0.39 is 0 Å². The fraction of sp³-hybridized carbons (Fsp3) is 0.429. The Labute approximate surface area is 129 Å². The predicted octanol–water partition coefficient (Wildman–Crippen LogP) is 3.63. The summed E-state index contributed by atoms with van der Waals surface area (Å²) in [6, 6.07) is 1.93. The van der Waals surface area contributed by atoms with Crippen LogP contribution in [0, 0.1) is 12.8 Å². The number of nitrogens with one attached hydrogen (secondary N) is 1. The van der Waals surface area contributed by atoms with Gasteiger partial charge in [0.1, 0.15) is 0 Å². The van der Waals surface area contributed by atoms with Crippen LogP contribution in [0.3, 0.4) is 0 Å². The maximum atomic E-state index is 6.18. The summed E-state index contributed by atoms with van der Waals surface area (Å²) in [4.78, 5) is 4.29. The molecule has 2 aromatic heterocycles. The van der Waals surface area contributed by atoms with Crippen LogP contribution >= 0.6 is 23.2 Å². The SMILES string of the molecule is Cc1nn(-c2cc(CNCC(C)C)c(Cl)cn2)cc1Cl. The van der Waals surface area contributed by atoms with Crippen LogP contribution in [0.2, 0.25) is 10.0 Å². The molecule has 0 bridgehead atoms. The molecule has 0 radical (unpaired) electrons. The lowest BCUT2D eigenvalue weighted by molar-refractivity contribution is 0.552. The third-order valence-corrected chi connectivity index (χ3v) is 3.57. The van der Waals surface area contributed by atoms with Crippen molar-refractivity contribution in [2.24, 2.45) is 5.92 Å². The van der Waals surface area contributed by atoms with E-state index in [9.17, 15) is 0 Å². The molecule has 4 nitrogen and oxygen atoms in total. The minimum Gasteiger partial charge on any atom is -0.312 e. The highest BCUT2D eigenvalue weighted by Gasteiger charge is 2.08. The highest BCUT2D eigenvalue weighted by atomic mass is 35.5. The van der Waals surface area contributed by atoms with Gasteiger partial charge >= 0.3 is 0 Å². The lowest BCUT2D eigenvalue weighted by Gasteiger charge is -2.10. The van der Waals surface area contributed by atoms with Gasteiger partial charge in [-0.25, -0.2) is 9.67 Å². The van der Waals surface area contributed by atoms with Crippen molar-refractivity contribution in [2.45, 2.75) is 27.3 Å². The molecule has 0 saturated heterocycles. The first-order valence-corrected chi connectivity index (χ1v) is 7.30. The summed E-state index contributed by atoms with van der Waals surface area (Å²) in [6.07, 6.45) is 3.40. The van der Waals surface area contributed by atoms with Gasteiger partial charge in [-0.1, -0.05) is 37.0 Å². The Morgan fingerprint density at radius 2 is 2.05 bits per heavy atom. The van der Waals surface area contributed by atoms with Gasteiger partial charge in [-0.05, 0) is 31.0 Å². The minimum absolute atomic E-state index is 0.600. The molecule has 0 aliphatic heterocycles. The van der Waals surface area contributed by atoms with E-state index in [0.717, 1.165) is 17.8 Å². The van der Waals surface area contributed by atoms with Gasteiger partial charge in [0.25, 0.3) is 0 Å². The van der Waals surface area contributed by atoms with Crippen molar-refractivity contribution in [1.82, 2.24) is 20.1 Å². The Hall–Kier alpha value is -1.10. The number of nitrogens with zero attached hydrogens (tertiary/aromatic N) is 3. The highest BCUT2D eigenvalue weighted by molar-refractivity contribution is 6.31. The predicted molar refractivity (Wildman–Crippen MR) is 82.7 cm³/mol. The maximum Gasteiger partial charge on any atom is 0.153 e. The van der Waals surface area contributed by atoms with Crippen LogP contribution in [-0.4, -0.2) is 21.3 Å². The first kappa shape index (κ1) is 15.3. The van der Waals surface area contributed by atoms with E-state index in [2.05, 4.69) is 29.2 Å². The number of pyridine rings is 1. The molecule has 1 N–H and O–H groups in total. The van der Waals surface area contributed by atoms with Gasteiger partial charge in [0.2, 0.25) is 0 Å². The van der Waals surface area contributed by atoms with Gasteiger partial charge in [-0.15, -0.1) is 0 Å².